The van der Waals surface area contributed by atoms with E-state index in [4.69, 9.17) is 4.74 Å². The second-order valence-electron chi connectivity index (χ2n) is 8.41. The van der Waals surface area contributed by atoms with Gasteiger partial charge in [0.25, 0.3) is 0 Å². The fraction of sp³-hybridized carbons (Fsp3) is 0.233. The molecule has 0 spiro atoms. The Balaban J connectivity index is 2.24. The van der Waals surface area contributed by atoms with E-state index in [0.717, 1.165) is 16.7 Å². The molecule has 0 aliphatic rings. The van der Waals surface area contributed by atoms with Crippen LogP contribution < -0.4 is 5.32 Å². The largest absolute Gasteiger partial charge is 0.509 e. The number of allylic oxidation sites excluding steroid dienone is 5. The van der Waals surface area contributed by atoms with Gasteiger partial charge in [0.2, 0.25) is 0 Å². The molecule has 2 aromatic rings. The van der Waals surface area contributed by atoms with Gasteiger partial charge in [0.05, 0.1) is 25.0 Å². The van der Waals surface area contributed by atoms with Gasteiger partial charge in [0.1, 0.15) is 12.4 Å². The van der Waals surface area contributed by atoms with E-state index in [9.17, 15) is 14.7 Å². The molecule has 7 heteroatoms. The third-order valence-corrected chi connectivity index (χ3v) is 5.16. The molecule has 0 bridgehead atoms. The fourth-order valence-electron chi connectivity index (χ4n) is 3.48. The fourth-order valence-corrected chi connectivity index (χ4v) is 3.48. The average molecular weight is 502 g/mol. The zero-order valence-corrected chi connectivity index (χ0v) is 21.5. The standard InChI is InChI=1S/C30H35N3O4/c1-4-5-8-13-24(2)20-33(21-27(34)19-31-3)22-29(35)28(18-25-14-9-6-10-15-25)32-30(36)37-23-26-16-11-7-12-17-26/h4-17,19,35H,1,18,20-23H2,2-3H3,(H,32,36)/b8-5-,24-13+,29-28-,31-19?. The van der Waals surface area contributed by atoms with E-state index in [1.54, 1.807) is 11.0 Å². The molecule has 0 saturated heterocycles. The van der Waals surface area contributed by atoms with Gasteiger partial charge in [-0.05, 0) is 18.1 Å². The highest BCUT2D eigenvalue weighted by Gasteiger charge is 2.17. The first-order valence-corrected chi connectivity index (χ1v) is 12.0. The molecule has 0 fully saturated rings. The number of ketones is 1. The molecule has 1 amide bonds. The highest BCUT2D eigenvalue weighted by atomic mass is 16.5. The van der Waals surface area contributed by atoms with Crippen molar-refractivity contribution in [2.75, 3.05) is 26.7 Å². The van der Waals surface area contributed by atoms with Gasteiger partial charge in [-0.3, -0.25) is 20.0 Å². The van der Waals surface area contributed by atoms with Crippen molar-refractivity contribution in [3.8, 4) is 0 Å². The Labute approximate surface area is 219 Å². The summed E-state index contributed by atoms with van der Waals surface area (Å²) in [6.07, 6.45) is 8.12. The molecular formula is C30H35N3O4. The summed E-state index contributed by atoms with van der Waals surface area (Å²) in [5.41, 5.74) is 3.04. The Morgan fingerprint density at radius 2 is 1.65 bits per heavy atom. The molecule has 0 aromatic heterocycles. The second-order valence-corrected chi connectivity index (χ2v) is 8.41. The van der Waals surface area contributed by atoms with Crippen LogP contribution in [-0.2, 0) is 22.6 Å². The molecule has 0 aliphatic heterocycles. The normalized spacial score (nSPS) is 12.6. The number of aliphatic hydroxyl groups excluding tert-OH is 1. The van der Waals surface area contributed by atoms with Gasteiger partial charge < -0.3 is 9.84 Å². The number of nitrogens with zero attached hydrogens (tertiary/aromatic N) is 2. The van der Waals surface area contributed by atoms with Crippen molar-refractivity contribution >= 4 is 18.1 Å². The monoisotopic (exact) mass is 501 g/mol. The summed E-state index contributed by atoms with van der Waals surface area (Å²) in [6, 6.07) is 18.8. The van der Waals surface area contributed by atoms with Crippen LogP contribution in [0.1, 0.15) is 18.1 Å². The van der Waals surface area contributed by atoms with Crippen molar-refractivity contribution in [3.05, 3.63) is 120 Å². The van der Waals surface area contributed by atoms with Crippen molar-refractivity contribution in [1.82, 2.24) is 10.2 Å². The molecule has 2 aromatic carbocycles. The number of ether oxygens (including phenoxy) is 1. The van der Waals surface area contributed by atoms with Crippen LogP contribution in [0.2, 0.25) is 0 Å². The Kier molecular flexibility index (Phi) is 12.9. The van der Waals surface area contributed by atoms with E-state index < -0.39 is 6.09 Å². The number of benzene rings is 2. The molecule has 0 atom stereocenters. The van der Waals surface area contributed by atoms with Crippen LogP contribution in [-0.4, -0.2) is 54.8 Å². The van der Waals surface area contributed by atoms with Crippen LogP contribution in [0.25, 0.3) is 0 Å². The summed E-state index contributed by atoms with van der Waals surface area (Å²) in [5.74, 6) is -0.249. The molecule has 0 unspecified atom stereocenters. The zero-order valence-electron chi connectivity index (χ0n) is 21.5. The summed E-state index contributed by atoms with van der Waals surface area (Å²) >= 11 is 0. The smallest absolute Gasteiger partial charge is 0.411 e. The number of nitrogens with one attached hydrogen (secondary N) is 1. The third-order valence-electron chi connectivity index (χ3n) is 5.16. The lowest BCUT2D eigenvalue weighted by Gasteiger charge is -2.22. The van der Waals surface area contributed by atoms with E-state index in [2.05, 4.69) is 16.9 Å². The van der Waals surface area contributed by atoms with Gasteiger partial charge in [0.15, 0.2) is 5.78 Å². The second kappa shape index (κ2) is 16.4. The first-order valence-electron chi connectivity index (χ1n) is 12.0. The molecular weight excluding hydrogens is 466 g/mol. The van der Waals surface area contributed by atoms with Crippen LogP contribution >= 0.6 is 0 Å². The predicted molar refractivity (Wildman–Crippen MR) is 149 cm³/mol. The number of hydrogen-bond donors (Lipinski definition) is 2. The van der Waals surface area contributed by atoms with Crippen LogP contribution in [0.4, 0.5) is 4.79 Å². The van der Waals surface area contributed by atoms with Gasteiger partial charge in [-0.25, -0.2) is 4.79 Å². The number of aliphatic imine (C=N–C) groups is 1. The van der Waals surface area contributed by atoms with Gasteiger partial charge >= 0.3 is 6.09 Å². The van der Waals surface area contributed by atoms with Gasteiger partial charge in [-0.15, -0.1) is 0 Å². The zero-order chi connectivity index (χ0) is 26.9. The molecule has 2 N–H and O–H groups in total. The molecule has 2 rings (SSSR count). The maximum Gasteiger partial charge on any atom is 0.411 e. The highest BCUT2D eigenvalue weighted by molar-refractivity contribution is 6.28. The van der Waals surface area contributed by atoms with Crippen molar-refractivity contribution < 1.29 is 19.4 Å². The first kappa shape index (κ1) is 29.0. The highest BCUT2D eigenvalue weighted by Crippen LogP contribution is 2.12. The number of aliphatic hydroxyl groups is 1. The number of amides is 1. The number of alkyl carbamates (subject to hydrolysis) is 1. The maximum atomic E-state index is 12.6. The molecule has 7 nitrogen and oxygen atoms in total. The van der Waals surface area contributed by atoms with E-state index in [-0.39, 0.29) is 37.7 Å². The minimum atomic E-state index is -0.673. The van der Waals surface area contributed by atoms with Crippen LogP contribution in [0.5, 0.6) is 0 Å². The van der Waals surface area contributed by atoms with E-state index >= 15 is 0 Å². The molecule has 0 aliphatic carbocycles. The summed E-state index contributed by atoms with van der Waals surface area (Å²) < 4.78 is 5.36. The minimum absolute atomic E-state index is 0.0424. The lowest BCUT2D eigenvalue weighted by atomic mass is 10.1. The van der Waals surface area contributed by atoms with Crippen molar-refractivity contribution in [1.29, 1.82) is 0 Å². The number of Topliss-reactive ketones (excluding diaryl/α,β-unsaturated/α-hetero) is 1. The summed E-state index contributed by atoms with van der Waals surface area (Å²) in [4.78, 5) is 30.5. The number of hydrogen-bond acceptors (Lipinski definition) is 6. The lowest BCUT2D eigenvalue weighted by Crippen LogP contribution is -2.35. The topological polar surface area (TPSA) is 91.2 Å². The number of carbonyl (C=O) groups excluding carboxylic acids is 2. The Morgan fingerprint density at radius 1 is 1.00 bits per heavy atom. The number of rotatable bonds is 14. The number of carbonyl (C=O) groups is 2. The Bertz CT molecular complexity index is 1140. The van der Waals surface area contributed by atoms with Gasteiger partial charge in [0, 0.05) is 20.0 Å². The van der Waals surface area contributed by atoms with E-state index in [0.29, 0.717) is 12.2 Å². The summed E-state index contributed by atoms with van der Waals surface area (Å²) in [6.45, 7) is 6.21. The first-order chi connectivity index (χ1) is 17.9. The van der Waals surface area contributed by atoms with Crippen molar-refractivity contribution in [2.24, 2.45) is 4.99 Å². The summed E-state index contributed by atoms with van der Waals surface area (Å²) in [5, 5.41) is 13.8. The van der Waals surface area contributed by atoms with Crippen molar-refractivity contribution in [3.63, 3.8) is 0 Å². The van der Waals surface area contributed by atoms with Crippen LogP contribution in [0.15, 0.2) is 114 Å². The maximum absolute atomic E-state index is 12.6. The van der Waals surface area contributed by atoms with Crippen molar-refractivity contribution in [2.45, 2.75) is 20.0 Å². The molecule has 0 saturated carbocycles. The van der Waals surface area contributed by atoms with E-state index in [1.165, 1.54) is 13.3 Å². The summed E-state index contributed by atoms with van der Waals surface area (Å²) in [7, 11) is 1.54. The van der Waals surface area contributed by atoms with Gasteiger partial charge in [-0.1, -0.05) is 97.1 Å². The van der Waals surface area contributed by atoms with Crippen LogP contribution in [0.3, 0.4) is 0 Å². The average Bonchev–Trinajstić information content (AvgIpc) is 2.88. The SMILES string of the molecule is C=C/C=C\C=C(/C)CN(CC(=O)C=NC)C/C(O)=C(\Cc1ccccc1)NC(=O)OCc1ccccc1. The molecule has 0 radical (unpaired) electrons. The molecule has 37 heavy (non-hydrogen) atoms. The predicted octanol–water partition coefficient (Wildman–Crippen LogP) is 5.19. The Hall–Kier alpha value is -4.23. The lowest BCUT2D eigenvalue weighted by molar-refractivity contribution is -0.113. The Morgan fingerprint density at radius 3 is 2.27 bits per heavy atom. The van der Waals surface area contributed by atoms with Gasteiger partial charge in [-0.2, -0.15) is 0 Å². The third kappa shape index (κ3) is 11.8. The molecule has 194 valence electrons. The van der Waals surface area contributed by atoms with E-state index in [1.807, 2.05) is 85.8 Å². The van der Waals surface area contributed by atoms with Crippen LogP contribution in [0, 0.1) is 0 Å². The molecule has 0 heterocycles. The quantitative estimate of drug-likeness (QED) is 0.211. The minimum Gasteiger partial charge on any atom is -0.509 e.